The van der Waals surface area contributed by atoms with Gasteiger partial charge in [-0.1, -0.05) is 19.3 Å². The lowest BCUT2D eigenvalue weighted by molar-refractivity contribution is -0.121. The van der Waals surface area contributed by atoms with Crippen molar-refractivity contribution in [2.75, 3.05) is 19.0 Å². The molecule has 0 amide bonds. The summed E-state index contributed by atoms with van der Waals surface area (Å²) in [4.78, 5) is 12.0. The van der Waals surface area contributed by atoms with E-state index in [0.717, 1.165) is 44.6 Å². The summed E-state index contributed by atoms with van der Waals surface area (Å²) in [6, 6.07) is 0. The highest BCUT2D eigenvalue weighted by Crippen LogP contribution is 2.28. The van der Waals surface area contributed by atoms with Gasteiger partial charge in [0, 0.05) is 24.4 Å². The molecule has 1 aliphatic heterocycles. The maximum absolute atomic E-state index is 12.0. The number of thioether (sulfide) groups is 1. The Morgan fingerprint density at radius 3 is 2.44 bits per heavy atom. The smallest absolute Gasteiger partial charge is 0.145 e. The molecule has 16 heavy (non-hydrogen) atoms. The minimum absolute atomic E-state index is 0.390. The highest BCUT2D eigenvalue weighted by Gasteiger charge is 2.22. The zero-order valence-electron chi connectivity index (χ0n) is 9.95. The Kier molecular flexibility index (Phi) is 5.17. The van der Waals surface area contributed by atoms with Crippen LogP contribution in [-0.4, -0.2) is 30.0 Å². The van der Waals surface area contributed by atoms with E-state index >= 15 is 0 Å². The monoisotopic (exact) mass is 242 g/mol. The van der Waals surface area contributed by atoms with Gasteiger partial charge >= 0.3 is 0 Å². The Hall–Kier alpha value is -0.0200. The third-order valence-corrected chi connectivity index (χ3v) is 5.08. The summed E-state index contributed by atoms with van der Waals surface area (Å²) in [7, 11) is 0. The molecule has 1 saturated carbocycles. The van der Waals surface area contributed by atoms with Crippen LogP contribution >= 0.6 is 11.8 Å². The van der Waals surface area contributed by atoms with E-state index in [1.165, 1.54) is 19.3 Å². The number of Topliss-reactive ketones (excluding diaryl/α,β-unsaturated/α-hetero) is 1. The van der Waals surface area contributed by atoms with Crippen LogP contribution in [0.25, 0.3) is 0 Å². The third kappa shape index (κ3) is 3.77. The molecular formula is C13H22O2S. The Bertz CT molecular complexity index is 218. The van der Waals surface area contributed by atoms with Crippen molar-refractivity contribution in [3.63, 3.8) is 0 Å². The summed E-state index contributed by atoms with van der Waals surface area (Å²) in [5, 5.41) is 0.668. The van der Waals surface area contributed by atoms with Gasteiger partial charge in [-0.25, -0.2) is 0 Å². The van der Waals surface area contributed by atoms with Gasteiger partial charge in [0.25, 0.3) is 0 Å². The minimum Gasteiger partial charge on any atom is -0.381 e. The fourth-order valence-corrected chi connectivity index (χ4v) is 3.75. The van der Waals surface area contributed by atoms with Crippen molar-refractivity contribution in [2.24, 2.45) is 5.92 Å². The van der Waals surface area contributed by atoms with Gasteiger partial charge in [0.15, 0.2) is 0 Å². The van der Waals surface area contributed by atoms with Crippen molar-refractivity contribution in [2.45, 2.75) is 50.2 Å². The second kappa shape index (κ2) is 6.65. The molecule has 2 fully saturated rings. The molecule has 0 radical (unpaired) electrons. The first-order valence-electron chi connectivity index (χ1n) is 6.58. The number of rotatable bonds is 4. The molecule has 1 aliphatic carbocycles. The van der Waals surface area contributed by atoms with Gasteiger partial charge in [0.05, 0.1) is 5.75 Å². The van der Waals surface area contributed by atoms with E-state index < -0.39 is 0 Å². The standard InChI is InChI=1S/C13H22O2S/c14-13(11-4-2-1-3-5-11)10-16-12-6-8-15-9-7-12/h11-12H,1-10H2. The lowest BCUT2D eigenvalue weighted by Gasteiger charge is -2.23. The van der Waals surface area contributed by atoms with Crippen LogP contribution in [0.2, 0.25) is 0 Å². The van der Waals surface area contributed by atoms with Gasteiger partial charge in [-0.3, -0.25) is 4.79 Å². The van der Waals surface area contributed by atoms with E-state index in [2.05, 4.69) is 0 Å². The molecule has 2 rings (SSSR count). The summed E-state index contributed by atoms with van der Waals surface area (Å²) in [6.45, 7) is 1.77. The zero-order valence-corrected chi connectivity index (χ0v) is 10.8. The van der Waals surface area contributed by atoms with Crippen molar-refractivity contribution in [1.82, 2.24) is 0 Å². The highest BCUT2D eigenvalue weighted by molar-refractivity contribution is 8.00. The molecule has 0 atom stereocenters. The topological polar surface area (TPSA) is 26.3 Å². The first-order chi connectivity index (χ1) is 7.86. The summed E-state index contributed by atoms with van der Waals surface area (Å²) >= 11 is 1.87. The van der Waals surface area contributed by atoms with Gasteiger partial charge < -0.3 is 4.74 Å². The molecule has 0 aromatic heterocycles. The average Bonchev–Trinajstić information content (AvgIpc) is 2.38. The molecular weight excluding hydrogens is 220 g/mol. The van der Waals surface area contributed by atoms with E-state index in [0.29, 0.717) is 17.0 Å². The summed E-state index contributed by atoms with van der Waals surface area (Å²) in [5.41, 5.74) is 0. The second-order valence-electron chi connectivity index (χ2n) is 4.92. The van der Waals surface area contributed by atoms with Gasteiger partial charge in [-0.05, 0) is 25.7 Å². The van der Waals surface area contributed by atoms with Gasteiger partial charge in [-0.2, -0.15) is 11.8 Å². The van der Waals surface area contributed by atoms with Crippen LogP contribution in [-0.2, 0) is 9.53 Å². The molecule has 1 heterocycles. The number of carbonyl (C=O) groups is 1. The molecule has 0 aromatic rings. The normalized spacial score (nSPS) is 24.5. The molecule has 1 saturated heterocycles. The average molecular weight is 242 g/mol. The van der Waals surface area contributed by atoms with Crippen molar-refractivity contribution >= 4 is 17.5 Å². The Balaban J connectivity index is 1.65. The summed E-state index contributed by atoms with van der Waals surface area (Å²) < 4.78 is 5.32. The first kappa shape index (κ1) is 12.4. The Morgan fingerprint density at radius 1 is 1.06 bits per heavy atom. The lowest BCUT2D eigenvalue weighted by atomic mass is 9.87. The quantitative estimate of drug-likeness (QED) is 0.758. The number of hydrogen-bond donors (Lipinski definition) is 0. The van der Waals surface area contributed by atoms with Crippen LogP contribution in [0.5, 0.6) is 0 Å². The fraction of sp³-hybridized carbons (Fsp3) is 0.923. The Morgan fingerprint density at radius 2 is 1.75 bits per heavy atom. The maximum Gasteiger partial charge on any atom is 0.145 e. The summed E-state index contributed by atoms with van der Waals surface area (Å²) in [5.74, 6) is 1.65. The number of hydrogen-bond acceptors (Lipinski definition) is 3. The van der Waals surface area contributed by atoms with E-state index in [1.54, 1.807) is 0 Å². The second-order valence-corrected chi connectivity index (χ2v) is 6.21. The SMILES string of the molecule is O=C(CSC1CCOCC1)C1CCCCC1. The van der Waals surface area contributed by atoms with Crippen LogP contribution in [0.3, 0.4) is 0 Å². The Labute approximate surface area is 103 Å². The lowest BCUT2D eigenvalue weighted by Crippen LogP contribution is -2.23. The van der Waals surface area contributed by atoms with Crippen molar-refractivity contribution < 1.29 is 9.53 Å². The largest absolute Gasteiger partial charge is 0.381 e. The van der Waals surface area contributed by atoms with Crippen molar-refractivity contribution in [3.05, 3.63) is 0 Å². The maximum atomic E-state index is 12.0. The zero-order chi connectivity index (χ0) is 11.2. The van der Waals surface area contributed by atoms with Crippen molar-refractivity contribution in [1.29, 1.82) is 0 Å². The molecule has 2 aliphatic rings. The molecule has 0 bridgehead atoms. The molecule has 0 aromatic carbocycles. The molecule has 0 spiro atoms. The van der Waals surface area contributed by atoms with E-state index in [-0.39, 0.29) is 0 Å². The molecule has 3 heteroatoms. The van der Waals surface area contributed by atoms with Crippen LogP contribution in [0.4, 0.5) is 0 Å². The molecule has 92 valence electrons. The predicted molar refractivity (Wildman–Crippen MR) is 67.9 cm³/mol. The number of carbonyl (C=O) groups excluding carboxylic acids is 1. The van der Waals surface area contributed by atoms with E-state index in [4.69, 9.17) is 4.74 Å². The van der Waals surface area contributed by atoms with Gasteiger partial charge in [-0.15, -0.1) is 0 Å². The molecule has 0 N–H and O–H groups in total. The van der Waals surface area contributed by atoms with Crippen LogP contribution < -0.4 is 0 Å². The molecule has 0 unspecified atom stereocenters. The fourth-order valence-electron chi connectivity index (χ4n) is 2.59. The van der Waals surface area contributed by atoms with E-state index in [9.17, 15) is 4.79 Å². The van der Waals surface area contributed by atoms with Crippen LogP contribution in [0.15, 0.2) is 0 Å². The van der Waals surface area contributed by atoms with Crippen LogP contribution in [0, 0.1) is 5.92 Å². The number of ketones is 1. The van der Waals surface area contributed by atoms with Gasteiger partial charge in [0.1, 0.15) is 5.78 Å². The van der Waals surface area contributed by atoms with E-state index in [1.807, 2.05) is 11.8 Å². The van der Waals surface area contributed by atoms with Crippen molar-refractivity contribution in [3.8, 4) is 0 Å². The number of ether oxygens (including phenoxy) is 1. The minimum atomic E-state index is 0.390. The molecule has 2 nitrogen and oxygen atoms in total. The predicted octanol–water partition coefficient (Wildman–Crippen LogP) is 3.05. The third-order valence-electron chi connectivity index (χ3n) is 3.69. The first-order valence-corrected chi connectivity index (χ1v) is 7.63. The van der Waals surface area contributed by atoms with Crippen LogP contribution in [0.1, 0.15) is 44.9 Å². The summed E-state index contributed by atoms with van der Waals surface area (Å²) in [6.07, 6.45) is 8.40. The van der Waals surface area contributed by atoms with Gasteiger partial charge in [0.2, 0.25) is 0 Å². The highest BCUT2D eigenvalue weighted by atomic mass is 32.2.